The Morgan fingerprint density at radius 1 is 1.25 bits per heavy atom. The second-order valence-electron chi connectivity index (χ2n) is 2.75. The molecule has 8 heavy (non-hydrogen) atoms. The van der Waals surface area contributed by atoms with E-state index < -0.39 is 0 Å². The lowest BCUT2D eigenvalue weighted by Crippen LogP contribution is -3.00. The first-order chi connectivity index (χ1) is 2.94. The molecule has 0 aliphatic rings. The summed E-state index contributed by atoms with van der Waals surface area (Å²) in [6.45, 7) is 1.78. The van der Waals surface area contributed by atoms with Crippen LogP contribution in [0.4, 0.5) is 0 Å². The van der Waals surface area contributed by atoms with Gasteiger partial charge in [0, 0.05) is 6.92 Å². The summed E-state index contributed by atoms with van der Waals surface area (Å²) in [5.41, 5.74) is 0. The summed E-state index contributed by atoms with van der Waals surface area (Å²) in [7, 11) is 5.85. The lowest BCUT2D eigenvalue weighted by molar-refractivity contribution is -0.916. The van der Waals surface area contributed by atoms with Gasteiger partial charge in [-0.1, -0.05) is 0 Å². The van der Waals surface area contributed by atoms with Crippen LogP contribution >= 0.6 is 0 Å². The van der Waals surface area contributed by atoms with Crippen LogP contribution in [-0.4, -0.2) is 37.0 Å². The average molecular weight is 123 g/mol. The lowest BCUT2D eigenvalue weighted by Gasteiger charge is -2.26. The molecule has 0 aromatic heterocycles. The van der Waals surface area contributed by atoms with Crippen LogP contribution in [0.2, 0.25) is 0 Å². The Labute approximate surface area is 49.7 Å². The Kier molecular flexibility index (Phi) is 4.03. The van der Waals surface area contributed by atoms with Gasteiger partial charge in [0.05, 0.1) is 21.1 Å². The lowest BCUT2D eigenvalue weighted by atomic mass is 10.5. The Hall–Kier alpha value is -0.150. The molecule has 52 valence electrons. The van der Waals surface area contributed by atoms with E-state index in [1.165, 1.54) is 0 Å². The van der Waals surface area contributed by atoms with Crippen molar-refractivity contribution < 1.29 is 14.3 Å². The van der Waals surface area contributed by atoms with Crippen LogP contribution in [0.5, 0.6) is 0 Å². The standard InChI is InChI=1S/C5H14NO.FH/c1-5(7)6(2,3)4;/h5,7H,1-4H3;1H/q+1;/p-1. The number of halogens is 1. The van der Waals surface area contributed by atoms with Gasteiger partial charge in [-0.25, -0.2) is 0 Å². The fourth-order valence-electron chi connectivity index (χ4n) is 0. The molecule has 0 rings (SSSR count). The molecule has 0 spiro atoms. The maximum atomic E-state index is 8.86. The summed E-state index contributed by atoms with van der Waals surface area (Å²) >= 11 is 0. The van der Waals surface area contributed by atoms with E-state index in [1.54, 1.807) is 6.92 Å². The average Bonchev–Trinajstić information content (AvgIpc) is 1.31. The van der Waals surface area contributed by atoms with Crippen LogP contribution < -0.4 is 4.70 Å². The molecule has 0 aliphatic carbocycles. The fraction of sp³-hybridized carbons (Fsp3) is 1.00. The molecule has 0 fully saturated rings. The smallest absolute Gasteiger partial charge is 0.187 e. The maximum absolute atomic E-state index is 8.86. The van der Waals surface area contributed by atoms with Crippen molar-refractivity contribution in [1.29, 1.82) is 0 Å². The first kappa shape index (κ1) is 10.8. The quantitative estimate of drug-likeness (QED) is 0.292. The van der Waals surface area contributed by atoms with E-state index in [0.29, 0.717) is 4.48 Å². The second-order valence-corrected chi connectivity index (χ2v) is 2.75. The van der Waals surface area contributed by atoms with Crippen LogP contribution in [0.1, 0.15) is 6.92 Å². The zero-order chi connectivity index (χ0) is 6.08. The zero-order valence-electron chi connectivity index (χ0n) is 5.85. The minimum absolute atomic E-state index is 0. The number of aliphatic hydroxyl groups is 1. The van der Waals surface area contributed by atoms with Gasteiger partial charge < -0.3 is 14.3 Å². The first-order valence-electron chi connectivity index (χ1n) is 2.44. The van der Waals surface area contributed by atoms with E-state index in [2.05, 4.69) is 0 Å². The van der Waals surface area contributed by atoms with Crippen LogP contribution in [0.25, 0.3) is 0 Å². The molecule has 2 nitrogen and oxygen atoms in total. The van der Waals surface area contributed by atoms with Gasteiger partial charge in [-0.05, 0) is 0 Å². The minimum Gasteiger partial charge on any atom is -1.00 e. The van der Waals surface area contributed by atoms with Crippen molar-refractivity contribution in [2.24, 2.45) is 0 Å². The van der Waals surface area contributed by atoms with Gasteiger partial charge in [0.25, 0.3) is 0 Å². The summed E-state index contributed by atoms with van der Waals surface area (Å²) in [6.07, 6.45) is -0.264. The van der Waals surface area contributed by atoms with Gasteiger partial charge in [0.15, 0.2) is 6.23 Å². The maximum Gasteiger partial charge on any atom is 0.187 e. The first-order valence-corrected chi connectivity index (χ1v) is 2.44. The summed E-state index contributed by atoms with van der Waals surface area (Å²) in [4.78, 5) is 0. The number of rotatable bonds is 1. The predicted octanol–water partition coefficient (Wildman–Crippen LogP) is -2.97. The molecule has 0 aromatic carbocycles. The highest BCUT2D eigenvalue weighted by molar-refractivity contribution is 4.18. The van der Waals surface area contributed by atoms with Crippen LogP contribution in [0, 0.1) is 0 Å². The Morgan fingerprint density at radius 3 is 1.38 bits per heavy atom. The number of quaternary nitrogens is 1. The molecule has 0 heterocycles. The van der Waals surface area contributed by atoms with E-state index in [1.807, 2.05) is 21.1 Å². The van der Waals surface area contributed by atoms with Gasteiger partial charge >= 0.3 is 0 Å². The van der Waals surface area contributed by atoms with Crippen LogP contribution in [0.3, 0.4) is 0 Å². The van der Waals surface area contributed by atoms with Crippen LogP contribution in [-0.2, 0) is 0 Å². The molecule has 0 saturated carbocycles. The Balaban J connectivity index is 0. The van der Waals surface area contributed by atoms with E-state index in [-0.39, 0.29) is 10.9 Å². The summed E-state index contributed by atoms with van der Waals surface area (Å²) in [5.74, 6) is 0. The number of hydrogen-bond donors (Lipinski definition) is 1. The molecular formula is C5H14FNO. The minimum atomic E-state index is -0.264. The Morgan fingerprint density at radius 2 is 1.38 bits per heavy atom. The number of aliphatic hydroxyl groups excluding tert-OH is 1. The van der Waals surface area contributed by atoms with E-state index in [4.69, 9.17) is 5.11 Å². The van der Waals surface area contributed by atoms with Crippen molar-refractivity contribution in [3.8, 4) is 0 Å². The van der Waals surface area contributed by atoms with Crippen molar-refractivity contribution in [2.75, 3.05) is 21.1 Å². The largest absolute Gasteiger partial charge is 1.00 e. The van der Waals surface area contributed by atoms with Gasteiger partial charge in [-0.15, -0.1) is 0 Å². The van der Waals surface area contributed by atoms with Gasteiger partial charge in [-0.2, -0.15) is 0 Å². The monoisotopic (exact) mass is 123 g/mol. The molecule has 3 heteroatoms. The third kappa shape index (κ3) is 4.02. The highest BCUT2D eigenvalue weighted by Crippen LogP contribution is 1.94. The molecule has 0 amide bonds. The highest BCUT2D eigenvalue weighted by Gasteiger charge is 2.12. The van der Waals surface area contributed by atoms with Crippen molar-refractivity contribution >= 4 is 0 Å². The van der Waals surface area contributed by atoms with Gasteiger partial charge in [0.2, 0.25) is 0 Å². The Bertz CT molecular complexity index is 57.9. The van der Waals surface area contributed by atoms with E-state index in [0.717, 1.165) is 0 Å². The topological polar surface area (TPSA) is 20.2 Å². The summed E-state index contributed by atoms with van der Waals surface area (Å²) in [5, 5.41) is 8.86. The van der Waals surface area contributed by atoms with E-state index >= 15 is 0 Å². The van der Waals surface area contributed by atoms with Gasteiger partial charge in [-0.3, -0.25) is 0 Å². The molecule has 1 unspecified atom stereocenters. The molecular weight excluding hydrogens is 109 g/mol. The molecule has 0 aliphatic heterocycles. The van der Waals surface area contributed by atoms with Crippen molar-refractivity contribution in [3.05, 3.63) is 0 Å². The third-order valence-electron chi connectivity index (χ3n) is 1.12. The molecule has 1 N–H and O–H groups in total. The SMILES string of the molecule is CC(O)[N+](C)(C)C.[F-]. The van der Waals surface area contributed by atoms with Crippen molar-refractivity contribution in [2.45, 2.75) is 13.2 Å². The molecule has 1 atom stereocenters. The molecule has 0 bridgehead atoms. The summed E-state index contributed by atoms with van der Waals surface area (Å²) < 4.78 is 0.611. The molecule has 0 radical (unpaired) electrons. The van der Waals surface area contributed by atoms with E-state index in [9.17, 15) is 0 Å². The van der Waals surface area contributed by atoms with Crippen molar-refractivity contribution in [1.82, 2.24) is 0 Å². The second kappa shape index (κ2) is 2.99. The number of hydrogen-bond acceptors (Lipinski definition) is 1. The van der Waals surface area contributed by atoms with Crippen LogP contribution in [0.15, 0.2) is 0 Å². The zero-order valence-corrected chi connectivity index (χ0v) is 5.85. The third-order valence-corrected chi connectivity index (χ3v) is 1.12. The fourth-order valence-corrected chi connectivity index (χ4v) is 0. The molecule has 0 saturated heterocycles. The predicted molar refractivity (Wildman–Crippen MR) is 29.7 cm³/mol. The van der Waals surface area contributed by atoms with Gasteiger partial charge in [0.1, 0.15) is 0 Å². The number of nitrogens with zero attached hydrogens (tertiary/aromatic N) is 1. The summed E-state index contributed by atoms with van der Waals surface area (Å²) in [6, 6.07) is 0. The normalized spacial score (nSPS) is 14.6. The molecule has 0 aromatic rings. The van der Waals surface area contributed by atoms with Crippen molar-refractivity contribution in [3.63, 3.8) is 0 Å². The highest BCUT2D eigenvalue weighted by atomic mass is 19.0.